The number of thiophene rings is 1. The van der Waals surface area contributed by atoms with E-state index in [2.05, 4.69) is 4.98 Å². The van der Waals surface area contributed by atoms with Crippen molar-refractivity contribution in [1.82, 2.24) is 9.38 Å². The number of aldehydes is 1. The van der Waals surface area contributed by atoms with Crippen molar-refractivity contribution in [2.45, 2.75) is 13.3 Å². The third kappa shape index (κ3) is 2.79. The first-order chi connectivity index (χ1) is 10.6. The predicted molar refractivity (Wildman–Crippen MR) is 87.1 cm³/mol. The third-order valence-corrected chi connectivity index (χ3v) is 5.17. The van der Waals surface area contributed by atoms with Gasteiger partial charge >= 0.3 is 5.97 Å². The van der Waals surface area contributed by atoms with Gasteiger partial charge in [0.25, 0.3) is 0 Å². The zero-order chi connectivity index (χ0) is 15.7. The van der Waals surface area contributed by atoms with E-state index in [1.165, 1.54) is 22.7 Å². The molecule has 8 heteroatoms. The molecule has 0 saturated heterocycles. The van der Waals surface area contributed by atoms with Crippen LogP contribution >= 0.6 is 34.3 Å². The molecule has 0 N–H and O–H groups in total. The summed E-state index contributed by atoms with van der Waals surface area (Å²) in [4.78, 5) is 29.8. The van der Waals surface area contributed by atoms with Crippen LogP contribution in [0.1, 0.15) is 22.3 Å². The lowest BCUT2D eigenvalue weighted by Gasteiger charge is -1.98. The van der Waals surface area contributed by atoms with Crippen molar-refractivity contribution in [2.75, 3.05) is 6.61 Å². The number of rotatable bonds is 5. The zero-order valence-electron chi connectivity index (χ0n) is 11.5. The summed E-state index contributed by atoms with van der Waals surface area (Å²) in [5, 5.41) is 0. The van der Waals surface area contributed by atoms with Crippen molar-refractivity contribution in [3.8, 4) is 10.6 Å². The van der Waals surface area contributed by atoms with Gasteiger partial charge in [-0.3, -0.25) is 14.0 Å². The molecule has 3 aromatic heterocycles. The molecule has 0 fully saturated rings. The molecule has 0 aliphatic heterocycles. The molecule has 22 heavy (non-hydrogen) atoms. The fourth-order valence-corrected chi connectivity index (χ4v) is 4.09. The number of imidazole rings is 1. The molecule has 5 nitrogen and oxygen atoms in total. The molecule has 0 aliphatic rings. The first-order valence-corrected chi connectivity index (χ1v) is 8.50. The first kappa shape index (κ1) is 15.2. The van der Waals surface area contributed by atoms with Crippen LogP contribution in [-0.2, 0) is 16.0 Å². The third-order valence-electron chi connectivity index (χ3n) is 2.95. The average Bonchev–Trinajstić information content (AvgIpc) is 3.12. The minimum Gasteiger partial charge on any atom is -0.466 e. The van der Waals surface area contributed by atoms with E-state index in [0.717, 1.165) is 16.0 Å². The van der Waals surface area contributed by atoms with E-state index in [4.69, 9.17) is 16.3 Å². The molecule has 0 amide bonds. The lowest BCUT2D eigenvalue weighted by Crippen LogP contribution is -2.06. The van der Waals surface area contributed by atoms with E-state index in [-0.39, 0.29) is 12.4 Å². The van der Waals surface area contributed by atoms with Crippen LogP contribution in [0.3, 0.4) is 0 Å². The molecule has 0 radical (unpaired) electrons. The van der Waals surface area contributed by atoms with Crippen LogP contribution in [0.5, 0.6) is 0 Å². The number of carbonyl (C=O) groups is 2. The number of esters is 1. The number of nitrogens with zero attached hydrogens (tertiary/aromatic N) is 2. The number of hydrogen-bond donors (Lipinski definition) is 0. The van der Waals surface area contributed by atoms with Gasteiger partial charge in [-0.15, -0.1) is 22.7 Å². The monoisotopic (exact) mass is 354 g/mol. The molecule has 0 atom stereocenters. The Balaban J connectivity index is 1.99. The van der Waals surface area contributed by atoms with E-state index < -0.39 is 0 Å². The minimum atomic E-state index is -0.287. The van der Waals surface area contributed by atoms with Crippen molar-refractivity contribution >= 4 is 51.5 Å². The standard InChI is InChI=1S/C14H11ClN2O3S2/c1-2-20-12(19)5-8-6-17-9(7-18)13(16-14(17)21-8)10-3-4-11(15)22-10/h3-4,6-7H,2,5H2,1H3. The largest absolute Gasteiger partial charge is 0.466 e. The summed E-state index contributed by atoms with van der Waals surface area (Å²) in [6.45, 7) is 2.12. The molecule has 0 bridgehead atoms. The Morgan fingerprint density at radius 3 is 2.91 bits per heavy atom. The summed E-state index contributed by atoms with van der Waals surface area (Å²) in [5.41, 5.74) is 1.07. The summed E-state index contributed by atoms with van der Waals surface area (Å²) >= 11 is 8.68. The van der Waals surface area contributed by atoms with E-state index in [9.17, 15) is 9.59 Å². The SMILES string of the molecule is CCOC(=O)Cc1cn2c(C=O)c(-c3ccc(Cl)s3)nc2s1. The average molecular weight is 355 g/mol. The van der Waals surface area contributed by atoms with Crippen molar-refractivity contribution < 1.29 is 14.3 Å². The van der Waals surface area contributed by atoms with E-state index in [1.807, 2.05) is 6.07 Å². The second-order valence-electron chi connectivity index (χ2n) is 4.40. The highest BCUT2D eigenvalue weighted by Crippen LogP contribution is 2.34. The topological polar surface area (TPSA) is 60.7 Å². The summed E-state index contributed by atoms with van der Waals surface area (Å²) in [7, 11) is 0. The van der Waals surface area contributed by atoms with Gasteiger partial charge in [0.15, 0.2) is 11.2 Å². The quantitative estimate of drug-likeness (QED) is 0.518. The Kier molecular flexibility index (Phi) is 4.28. The molecular formula is C14H11ClN2O3S2. The molecule has 0 unspecified atom stereocenters. The number of halogens is 1. The fourth-order valence-electron chi connectivity index (χ4n) is 2.08. The Bertz CT molecular complexity index is 850. The molecule has 0 saturated carbocycles. The molecule has 0 aromatic carbocycles. The van der Waals surface area contributed by atoms with Gasteiger partial charge in [0.2, 0.25) is 0 Å². The van der Waals surface area contributed by atoms with Gasteiger partial charge in [-0.25, -0.2) is 4.98 Å². The van der Waals surface area contributed by atoms with Crippen LogP contribution in [0.4, 0.5) is 0 Å². The van der Waals surface area contributed by atoms with Crippen molar-refractivity contribution in [2.24, 2.45) is 0 Å². The van der Waals surface area contributed by atoms with Crippen LogP contribution < -0.4 is 0 Å². The van der Waals surface area contributed by atoms with Crippen molar-refractivity contribution in [1.29, 1.82) is 0 Å². The molecule has 3 heterocycles. The predicted octanol–water partition coefficient (Wildman–Crippen LogP) is 3.70. The van der Waals surface area contributed by atoms with Gasteiger partial charge in [0.05, 0.1) is 22.2 Å². The van der Waals surface area contributed by atoms with Gasteiger partial charge < -0.3 is 4.74 Å². The normalized spacial score (nSPS) is 11.0. The number of thiazole rings is 1. The van der Waals surface area contributed by atoms with Crippen LogP contribution in [0, 0.1) is 0 Å². The maximum Gasteiger partial charge on any atom is 0.311 e. The van der Waals surface area contributed by atoms with Gasteiger partial charge in [-0.1, -0.05) is 11.6 Å². The van der Waals surface area contributed by atoms with Crippen molar-refractivity contribution in [3.05, 3.63) is 33.2 Å². The Morgan fingerprint density at radius 1 is 1.45 bits per heavy atom. The fraction of sp³-hybridized carbons (Fsp3) is 0.214. The summed E-state index contributed by atoms with van der Waals surface area (Å²) in [6.07, 6.45) is 2.70. The summed E-state index contributed by atoms with van der Waals surface area (Å²) in [5.74, 6) is -0.287. The molecule has 3 rings (SSSR count). The van der Waals surface area contributed by atoms with Crippen LogP contribution in [0.2, 0.25) is 4.34 Å². The van der Waals surface area contributed by atoms with Crippen LogP contribution in [-0.4, -0.2) is 28.2 Å². The Morgan fingerprint density at radius 2 is 2.27 bits per heavy atom. The van der Waals surface area contributed by atoms with Crippen molar-refractivity contribution in [3.63, 3.8) is 0 Å². The molecule has 114 valence electrons. The van der Waals surface area contributed by atoms with Gasteiger partial charge in [0, 0.05) is 11.1 Å². The Hall–Kier alpha value is -1.70. The number of aromatic nitrogens is 2. The second-order valence-corrected chi connectivity index (χ2v) is 7.21. The van der Waals surface area contributed by atoms with Crippen LogP contribution in [0.15, 0.2) is 18.3 Å². The maximum absolute atomic E-state index is 11.5. The van der Waals surface area contributed by atoms with E-state index >= 15 is 0 Å². The van der Waals surface area contributed by atoms with Gasteiger partial charge in [-0.2, -0.15) is 0 Å². The highest BCUT2D eigenvalue weighted by atomic mass is 35.5. The number of carbonyl (C=O) groups excluding carboxylic acids is 2. The van der Waals surface area contributed by atoms with Crippen LogP contribution in [0.25, 0.3) is 15.5 Å². The molecule has 0 aliphatic carbocycles. The van der Waals surface area contributed by atoms with Gasteiger partial charge in [-0.05, 0) is 19.1 Å². The number of ether oxygens (including phenoxy) is 1. The summed E-state index contributed by atoms with van der Waals surface area (Å²) < 4.78 is 7.27. The zero-order valence-corrected chi connectivity index (χ0v) is 13.9. The summed E-state index contributed by atoms with van der Waals surface area (Å²) in [6, 6.07) is 3.61. The highest BCUT2D eigenvalue weighted by molar-refractivity contribution is 7.19. The molecular weight excluding hydrogens is 344 g/mol. The van der Waals surface area contributed by atoms with Gasteiger partial charge in [0.1, 0.15) is 11.4 Å². The lowest BCUT2D eigenvalue weighted by atomic mass is 10.3. The smallest absolute Gasteiger partial charge is 0.311 e. The highest BCUT2D eigenvalue weighted by Gasteiger charge is 2.18. The maximum atomic E-state index is 11.5. The number of fused-ring (bicyclic) bond motifs is 1. The lowest BCUT2D eigenvalue weighted by molar-refractivity contribution is -0.142. The first-order valence-electron chi connectivity index (χ1n) is 6.49. The van der Waals surface area contributed by atoms with E-state index in [1.54, 1.807) is 23.6 Å². The molecule has 0 spiro atoms. The second kappa shape index (κ2) is 6.20. The molecule has 3 aromatic rings. The number of hydrogen-bond acceptors (Lipinski definition) is 6. The minimum absolute atomic E-state index is 0.181. The van der Waals surface area contributed by atoms with E-state index in [0.29, 0.717) is 27.3 Å². The Labute approximate surface area is 139 Å².